The van der Waals surface area contributed by atoms with E-state index in [9.17, 15) is 24.3 Å². The molecule has 43 heavy (non-hydrogen) atoms. The minimum absolute atomic E-state index is 0.0304. The van der Waals surface area contributed by atoms with Crippen molar-refractivity contribution in [3.8, 4) is 0 Å². The Labute approximate surface area is 248 Å². The highest BCUT2D eigenvalue weighted by atomic mass is 16.4. The Balaban J connectivity index is 1.55. The Morgan fingerprint density at radius 1 is 0.814 bits per heavy atom. The average Bonchev–Trinajstić information content (AvgIpc) is 3.66. The summed E-state index contributed by atoms with van der Waals surface area (Å²) in [6.45, 7) is 3.59. The summed E-state index contributed by atoms with van der Waals surface area (Å²) < 4.78 is 0. The van der Waals surface area contributed by atoms with Gasteiger partial charge < -0.3 is 36.8 Å². The number of carboxylic acid groups (broad SMARTS) is 1. The molecule has 0 fully saturated rings. The van der Waals surface area contributed by atoms with E-state index in [-0.39, 0.29) is 25.2 Å². The quantitative estimate of drug-likeness (QED) is 0.116. The average molecular weight is 588 g/mol. The van der Waals surface area contributed by atoms with Gasteiger partial charge in [0.25, 0.3) is 0 Å². The number of carbonyl (C=O) groups excluding carboxylic acids is 3. The standard InChI is InChI=1S/C31H37N7O5/c1-18(2)27(32)30(41)37-25(14-21-16-33-17-35-21)29(40)36-24(12-19-8-4-3-5-9-19)28(39)38-26(31(42)43)13-20-15-34-23-11-7-6-10-22(20)23/h3-11,15-18,24-27,34H,12-14,32H2,1-2H3,(H,33,35)(H,36,40)(H,37,41)(H,38,39)(H,42,43). The monoisotopic (exact) mass is 587 g/mol. The van der Waals surface area contributed by atoms with Gasteiger partial charge in [0.15, 0.2) is 0 Å². The maximum absolute atomic E-state index is 13.6. The number of aromatic amines is 2. The van der Waals surface area contributed by atoms with Gasteiger partial charge in [-0.15, -0.1) is 0 Å². The smallest absolute Gasteiger partial charge is 0.326 e. The zero-order chi connectivity index (χ0) is 30.9. The second-order valence-corrected chi connectivity index (χ2v) is 10.8. The number of aromatic nitrogens is 3. The number of aliphatic carboxylic acids is 1. The predicted octanol–water partition coefficient (Wildman–Crippen LogP) is 1.44. The van der Waals surface area contributed by atoms with Crippen LogP contribution in [0.25, 0.3) is 10.9 Å². The van der Waals surface area contributed by atoms with Crippen molar-refractivity contribution in [3.63, 3.8) is 0 Å². The van der Waals surface area contributed by atoms with Crippen LogP contribution < -0.4 is 21.7 Å². The van der Waals surface area contributed by atoms with Crippen molar-refractivity contribution in [2.75, 3.05) is 0 Å². The first-order chi connectivity index (χ1) is 20.6. The van der Waals surface area contributed by atoms with Crippen LogP contribution in [0.15, 0.2) is 73.3 Å². The molecule has 0 spiro atoms. The Kier molecular flexibility index (Phi) is 10.3. The molecule has 226 valence electrons. The molecule has 3 amide bonds. The number of hydrogen-bond acceptors (Lipinski definition) is 6. The minimum Gasteiger partial charge on any atom is -0.480 e. The summed E-state index contributed by atoms with van der Waals surface area (Å²) in [6, 6.07) is 12.2. The molecular formula is C31H37N7O5. The number of benzene rings is 2. The van der Waals surface area contributed by atoms with E-state index in [2.05, 4.69) is 30.9 Å². The van der Waals surface area contributed by atoms with Gasteiger partial charge in [0, 0.05) is 48.3 Å². The number of rotatable bonds is 14. The fraction of sp³-hybridized carbons (Fsp3) is 0.323. The van der Waals surface area contributed by atoms with Crippen molar-refractivity contribution in [2.45, 2.75) is 57.3 Å². The summed E-state index contributed by atoms with van der Waals surface area (Å²) in [5, 5.41) is 18.9. The summed E-state index contributed by atoms with van der Waals surface area (Å²) in [7, 11) is 0. The molecule has 2 aromatic carbocycles. The van der Waals surface area contributed by atoms with Crippen molar-refractivity contribution in [1.82, 2.24) is 30.9 Å². The highest BCUT2D eigenvalue weighted by molar-refractivity contribution is 5.94. The lowest BCUT2D eigenvalue weighted by molar-refractivity contribution is -0.142. The first kappa shape index (κ1) is 31.0. The summed E-state index contributed by atoms with van der Waals surface area (Å²) in [5.41, 5.74) is 8.95. The highest BCUT2D eigenvalue weighted by Crippen LogP contribution is 2.19. The zero-order valence-corrected chi connectivity index (χ0v) is 24.0. The van der Waals surface area contributed by atoms with Gasteiger partial charge >= 0.3 is 5.97 Å². The fourth-order valence-corrected chi connectivity index (χ4v) is 4.72. The lowest BCUT2D eigenvalue weighted by atomic mass is 10.0. The minimum atomic E-state index is -1.26. The van der Waals surface area contributed by atoms with E-state index in [1.165, 1.54) is 12.5 Å². The number of H-pyrrole nitrogens is 2. The van der Waals surface area contributed by atoms with Gasteiger partial charge in [-0.3, -0.25) is 14.4 Å². The van der Waals surface area contributed by atoms with E-state index in [1.807, 2.05) is 30.3 Å². The molecule has 0 radical (unpaired) electrons. The molecule has 0 saturated carbocycles. The Hall–Kier alpha value is -4.97. The van der Waals surface area contributed by atoms with Crippen LogP contribution in [0.4, 0.5) is 0 Å². The van der Waals surface area contributed by atoms with Crippen molar-refractivity contribution in [2.24, 2.45) is 11.7 Å². The van der Waals surface area contributed by atoms with Gasteiger partial charge in [-0.25, -0.2) is 9.78 Å². The van der Waals surface area contributed by atoms with Crippen molar-refractivity contribution >= 4 is 34.6 Å². The Morgan fingerprint density at radius 2 is 1.44 bits per heavy atom. The third-order valence-corrected chi connectivity index (χ3v) is 7.26. The number of hydrogen-bond donors (Lipinski definition) is 7. The number of nitrogens with zero attached hydrogens (tertiary/aromatic N) is 1. The normalized spacial score (nSPS) is 14.0. The zero-order valence-electron chi connectivity index (χ0n) is 24.0. The second kappa shape index (κ2) is 14.3. The Morgan fingerprint density at radius 3 is 2.09 bits per heavy atom. The van der Waals surface area contributed by atoms with E-state index in [4.69, 9.17) is 5.73 Å². The van der Waals surface area contributed by atoms with E-state index in [1.54, 1.807) is 44.3 Å². The summed E-state index contributed by atoms with van der Waals surface area (Å²) in [4.78, 5) is 62.3. The maximum atomic E-state index is 13.6. The van der Waals surface area contributed by atoms with Crippen LogP contribution in [-0.4, -0.2) is 67.9 Å². The molecule has 2 aromatic heterocycles. The maximum Gasteiger partial charge on any atom is 0.326 e. The molecule has 4 aromatic rings. The van der Waals surface area contributed by atoms with E-state index >= 15 is 0 Å². The fourth-order valence-electron chi connectivity index (χ4n) is 4.72. The summed E-state index contributed by atoms with van der Waals surface area (Å²) in [5.74, 6) is -3.19. The topological polar surface area (TPSA) is 195 Å². The molecule has 12 heteroatoms. The molecule has 2 heterocycles. The molecule has 0 aliphatic carbocycles. The molecule has 8 N–H and O–H groups in total. The first-order valence-electron chi connectivity index (χ1n) is 14.1. The molecule has 0 aliphatic rings. The predicted molar refractivity (Wildman–Crippen MR) is 161 cm³/mol. The number of imidazole rings is 1. The molecule has 4 unspecified atom stereocenters. The van der Waals surface area contributed by atoms with Crippen molar-refractivity contribution < 1.29 is 24.3 Å². The SMILES string of the molecule is CC(C)C(N)C(=O)NC(Cc1cnc[nH]1)C(=O)NC(Cc1ccccc1)C(=O)NC(Cc1c[nH]c2ccccc12)C(=O)O. The lowest BCUT2D eigenvalue weighted by Gasteiger charge is -2.26. The van der Waals surface area contributed by atoms with Crippen LogP contribution in [0.5, 0.6) is 0 Å². The molecule has 12 nitrogen and oxygen atoms in total. The van der Waals surface area contributed by atoms with Crippen LogP contribution in [0.2, 0.25) is 0 Å². The first-order valence-corrected chi connectivity index (χ1v) is 14.1. The number of nitrogens with one attached hydrogen (secondary N) is 5. The van der Waals surface area contributed by atoms with Crippen molar-refractivity contribution in [1.29, 1.82) is 0 Å². The molecule has 4 rings (SSSR count). The molecule has 0 aliphatic heterocycles. The Bertz CT molecular complexity index is 1530. The van der Waals surface area contributed by atoms with Crippen LogP contribution in [0.3, 0.4) is 0 Å². The van der Waals surface area contributed by atoms with Crippen LogP contribution in [0.1, 0.15) is 30.7 Å². The number of fused-ring (bicyclic) bond motifs is 1. The van der Waals surface area contributed by atoms with Gasteiger partial charge in [0.2, 0.25) is 17.7 Å². The summed E-state index contributed by atoms with van der Waals surface area (Å²) >= 11 is 0. The van der Waals surface area contributed by atoms with E-state index in [0.29, 0.717) is 5.69 Å². The second-order valence-electron chi connectivity index (χ2n) is 10.8. The van der Waals surface area contributed by atoms with Gasteiger partial charge in [-0.2, -0.15) is 0 Å². The van der Waals surface area contributed by atoms with Gasteiger partial charge in [-0.05, 0) is 23.1 Å². The van der Waals surface area contributed by atoms with Gasteiger partial charge in [-0.1, -0.05) is 62.4 Å². The third-order valence-electron chi connectivity index (χ3n) is 7.26. The molecule has 4 atom stereocenters. The molecule has 0 saturated heterocycles. The number of nitrogens with two attached hydrogens (primary N) is 1. The van der Waals surface area contributed by atoms with Crippen LogP contribution in [-0.2, 0) is 38.4 Å². The third kappa shape index (κ3) is 8.29. The highest BCUT2D eigenvalue weighted by Gasteiger charge is 2.31. The van der Waals surface area contributed by atoms with E-state index < -0.39 is 47.9 Å². The van der Waals surface area contributed by atoms with E-state index in [0.717, 1.165) is 22.0 Å². The van der Waals surface area contributed by atoms with Crippen LogP contribution in [0, 0.1) is 5.92 Å². The van der Waals surface area contributed by atoms with Crippen molar-refractivity contribution in [3.05, 3.63) is 90.1 Å². The van der Waals surface area contributed by atoms with Crippen LogP contribution >= 0.6 is 0 Å². The molecule has 0 bridgehead atoms. The number of para-hydroxylation sites is 1. The number of carbonyl (C=O) groups is 4. The molecular weight excluding hydrogens is 550 g/mol. The largest absolute Gasteiger partial charge is 0.480 e. The van der Waals surface area contributed by atoms with Gasteiger partial charge in [0.05, 0.1) is 12.4 Å². The lowest BCUT2D eigenvalue weighted by Crippen LogP contribution is -2.58. The van der Waals surface area contributed by atoms with Gasteiger partial charge in [0.1, 0.15) is 18.1 Å². The summed E-state index contributed by atoms with van der Waals surface area (Å²) in [6.07, 6.45) is 4.90. The number of amides is 3. The number of carboxylic acids is 1.